The van der Waals surface area contributed by atoms with E-state index < -0.39 is 0 Å². The summed E-state index contributed by atoms with van der Waals surface area (Å²) in [4.78, 5) is 17.4. The van der Waals surface area contributed by atoms with Gasteiger partial charge in [0.1, 0.15) is 0 Å². The molecule has 88 valence electrons. The molecule has 5 heteroatoms. The first-order valence-corrected chi connectivity index (χ1v) is 6.35. The van der Waals surface area contributed by atoms with Crippen molar-refractivity contribution in [3.8, 4) is 0 Å². The summed E-state index contributed by atoms with van der Waals surface area (Å²) in [5.74, 6) is 0.568. The highest BCUT2D eigenvalue weighted by Gasteiger charge is 2.29. The molecule has 1 saturated heterocycles. The molecule has 2 N–H and O–H groups in total. The molecule has 16 heavy (non-hydrogen) atoms. The maximum Gasteiger partial charge on any atom is 0.230 e. The number of anilines is 1. The number of aromatic nitrogens is 1. The summed E-state index contributed by atoms with van der Waals surface area (Å²) in [6.45, 7) is 7.77. The zero-order valence-corrected chi connectivity index (χ0v) is 10.6. The molecular formula is C11H17N3OS. The molecule has 1 aliphatic heterocycles. The van der Waals surface area contributed by atoms with Gasteiger partial charge in [-0.1, -0.05) is 6.92 Å². The van der Waals surface area contributed by atoms with Crippen LogP contribution in [0.15, 0.2) is 0 Å². The largest absolute Gasteiger partial charge is 0.316 e. The Hall–Kier alpha value is -0.940. The van der Waals surface area contributed by atoms with Crippen LogP contribution in [0.5, 0.6) is 0 Å². The van der Waals surface area contributed by atoms with Crippen molar-refractivity contribution in [1.29, 1.82) is 0 Å². The summed E-state index contributed by atoms with van der Waals surface area (Å²) >= 11 is 1.54. The minimum absolute atomic E-state index is 0.0736. The highest BCUT2D eigenvalue weighted by molar-refractivity contribution is 7.15. The van der Waals surface area contributed by atoms with E-state index in [1.807, 2.05) is 13.8 Å². The summed E-state index contributed by atoms with van der Waals surface area (Å²) in [6.07, 6.45) is 0. The van der Waals surface area contributed by atoms with Crippen molar-refractivity contribution in [3.63, 3.8) is 0 Å². The van der Waals surface area contributed by atoms with E-state index in [9.17, 15) is 4.79 Å². The number of carbonyl (C=O) groups excluding carboxylic acids is 1. The van der Waals surface area contributed by atoms with Crippen LogP contribution in [0.1, 0.15) is 17.5 Å². The molecule has 0 saturated carbocycles. The van der Waals surface area contributed by atoms with Gasteiger partial charge in [-0.3, -0.25) is 4.79 Å². The highest BCUT2D eigenvalue weighted by Crippen LogP contribution is 2.23. The summed E-state index contributed by atoms with van der Waals surface area (Å²) in [7, 11) is 0. The summed E-state index contributed by atoms with van der Waals surface area (Å²) in [5, 5.41) is 6.85. The summed E-state index contributed by atoms with van der Waals surface area (Å²) < 4.78 is 0. The molecule has 2 rings (SSSR count). The molecule has 2 atom stereocenters. The number of carbonyl (C=O) groups is 1. The number of thiazole rings is 1. The third-order valence-corrected chi connectivity index (χ3v) is 4.10. The van der Waals surface area contributed by atoms with E-state index in [1.54, 1.807) is 0 Å². The minimum Gasteiger partial charge on any atom is -0.316 e. The Bertz CT molecular complexity index is 382. The molecule has 0 aromatic carbocycles. The lowest BCUT2D eigenvalue weighted by molar-refractivity contribution is -0.120. The second-order valence-corrected chi connectivity index (χ2v) is 5.60. The van der Waals surface area contributed by atoms with Crippen LogP contribution in [0.4, 0.5) is 5.13 Å². The average Bonchev–Trinajstić information content (AvgIpc) is 2.74. The number of nitrogens with zero attached hydrogens (tertiary/aromatic N) is 1. The van der Waals surface area contributed by atoms with Crippen LogP contribution in [0.2, 0.25) is 0 Å². The molecule has 0 radical (unpaired) electrons. The van der Waals surface area contributed by atoms with E-state index in [-0.39, 0.29) is 11.8 Å². The van der Waals surface area contributed by atoms with E-state index in [0.29, 0.717) is 5.92 Å². The smallest absolute Gasteiger partial charge is 0.230 e. The van der Waals surface area contributed by atoms with Gasteiger partial charge in [-0.05, 0) is 26.3 Å². The van der Waals surface area contributed by atoms with Crippen molar-refractivity contribution in [2.45, 2.75) is 20.8 Å². The second kappa shape index (κ2) is 4.51. The van der Waals surface area contributed by atoms with Crippen molar-refractivity contribution < 1.29 is 4.79 Å². The van der Waals surface area contributed by atoms with Gasteiger partial charge in [0.15, 0.2) is 5.13 Å². The Morgan fingerprint density at radius 3 is 2.75 bits per heavy atom. The van der Waals surface area contributed by atoms with E-state index in [0.717, 1.165) is 28.8 Å². The monoisotopic (exact) mass is 239 g/mol. The Balaban J connectivity index is 2.01. The molecule has 2 unspecified atom stereocenters. The fourth-order valence-corrected chi connectivity index (χ4v) is 2.70. The maximum atomic E-state index is 12.0. The van der Waals surface area contributed by atoms with Crippen LogP contribution in [-0.2, 0) is 4.79 Å². The van der Waals surface area contributed by atoms with Gasteiger partial charge in [-0.2, -0.15) is 0 Å². The van der Waals surface area contributed by atoms with Gasteiger partial charge in [0.05, 0.1) is 11.6 Å². The lowest BCUT2D eigenvalue weighted by atomic mass is 9.97. The fraction of sp³-hybridized carbons (Fsp3) is 0.636. The predicted octanol–water partition coefficient (Wildman–Crippen LogP) is 1.55. The number of hydrogen-bond acceptors (Lipinski definition) is 4. The van der Waals surface area contributed by atoms with Crippen molar-refractivity contribution >= 4 is 22.4 Å². The molecular weight excluding hydrogens is 222 g/mol. The topological polar surface area (TPSA) is 54.0 Å². The number of nitrogens with one attached hydrogen (secondary N) is 2. The van der Waals surface area contributed by atoms with Gasteiger partial charge in [-0.25, -0.2) is 4.98 Å². The highest BCUT2D eigenvalue weighted by atomic mass is 32.1. The van der Waals surface area contributed by atoms with Gasteiger partial charge >= 0.3 is 0 Å². The zero-order valence-electron chi connectivity index (χ0n) is 9.83. The summed E-state index contributed by atoms with van der Waals surface area (Å²) in [6, 6.07) is 0. The molecule has 1 aromatic heterocycles. The quantitative estimate of drug-likeness (QED) is 0.823. The van der Waals surface area contributed by atoms with Gasteiger partial charge in [0.2, 0.25) is 5.91 Å². The summed E-state index contributed by atoms with van der Waals surface area (Å²) in [5.41, 5.74) is 0.998. The lowest BCUT2D eigenvalue weighted by Crippen LogP contribution is -2.27. The Labute approximate surface area is 99.5 Å². The minimum atomic E-state index is 0.0736. The van der Waals surface area contributed by atoms with Gasteiger partial charge in [0, 0.05) is 11.4 Å². The third kappa shape index (κ3) is 2.25. The molecule has 1 aliphatic rings. The van der Waals surface area contributed by atoms with Crippen molar-refractivity contribution in [3.05, 3.63) is 10.6 Å². The Morgan fingerprint density at radius 2 is 2.25 bits per heavy atom. The van der Waals surface area contributed by atoms with E-state index in [1.165, 1.54) is 11.3 Å². The SMILES string of the molecule is Cc1nc(NC(=O)C2CNCC2C)sc1C. The Morgan fingerprint density at radius 1 is 1.50 bits per heavy atom. The zero-order chi connectivity index (χ0) is 11.7. The Kier molecular flexibility index (Phi) is 3.25. The van der Waals surface area contributed by atoms with Crippen LogP contribution < -0.4 is 10.6 Å². The van der Waals surface area contributed by atoms with Crippen molar-refractivity contribution in [2.75, 3.05) is 18.4 Å². The molecule has 1 amide bonds. The average molecular weight is 239 g/mol. The standard InChI is InChI=1S/C11H17N3OS/c1-6-4-12-5-9(6)10(15)14-11-13-7(2)8(3)16-11/h6,9,12H,4-5H2,1-3H3,(H,13,14,15). The predicted molar refractivity (Wildman–Crippen MR) is 65.7 cm³/mol. The molecule has 0 spiro atoms. The molecule has 0 bridgehead atoms. The van der Waals surface area contributed by atoms with Gasteiger partial charge in [-0.15, -0.1) is 11.3 Å². The van der Waals surface area contributed by atoms with Crippen molar-refractivity contribution in [1.82, 2.24) is 10.3 Å². The molecule has 2 heterocycles. The van der Waals surface area contributed by atoms with Gasteiger partial charge in [0.25, 0.3) is 0 Å². The van der Waals surface area contributed by atoms with Crippen LogP contribution >= 0.6 is 11.3 Å². The van der Waals surface area contributed by atoms with Crippen molar-refractivity contribution in [2.24, 2.45) is 11.8 Å². The first-order chi connectivity index (χ1) is 7.58. The van der Waals surface area contributed by atoms with Gasteiger partial charge < -0.3 is 10.6 Å². The normalized spacial score (nSPS) is 24.7. The van der Waals surface area contributed by atoms with Crippen LogP contribution in [0.3, 0.4) is 0 Å². The molecule has 0 aliphatic carbocycles. The first kappa shape index (κ1) is 11.5. The van der Waals surface area contributed by atoms with E-state index in [4.69, 9.17) is 0 Å². The number of rotatable bonds is 2. The van der Waals surface area contributed by atoms with Crippen LogP contribution in [0.25, 0.3) is 0 Å². The van der Waals surface area contributed by atoms with Crippen LogP contribution in [-0.4, -0.2) is 24.0 Å². The van der Waals surface area contributed by atoms with Crippen LogP contribution in [0, 0.1) is 25.7 Å². The molecule has 1 fully saturated rings. The van der Waals surface area contributed by atoms with E-state index in [2.05, 4.69) is 22.5 Å². The first-order valence-electron chi connectivity index (χ1n) is 5.53. The number of amides is 1. The number of hydrogen-bond donors (Lipinski definition) is 2. The fourth-order valence-electron chi connectivity index (χ4n) is 1.89. The maximum absolute atomic E-state index is 12.0. The van der Waals surface area contributed by atoms with E-state index >= 15 is 0 Å². The third-order valence-electron chi connectivity index (χ3n) is 3.11. The second-order valence-electron chi connectivity index (χ2n) is 4.39. The number of aryl methyl sites for hydroxylation is 2. The lowest BCUT2D eigenvalue weighted by Gasteiger charge is -2.12. The molecule has 1 aromatic rings. The molecule has 4 nitrogen and oxygen atoms in total.